The van der Waals surface area contributed by atoms with Gasteiger partial charge in [0.25, 0.3) is 0 Å². The van der Waals surface area contributed by atoms with E-state index in [0.29, 0.717) is 0 Å². The van der Waals surface area contributed by atoms with Gasteiger partial charge in [0.2, 0.25) is 0 Å². The van der Waals surface area contributed by atoms with Gasteiger partial charge < -0.3 is 10.2 Å². The SMILES string of the molecule is CCCCCCC1=C(C2(O)CCCCC2)C1CO. The van der Waals surface area contributed by atoms with Gasteiger partial charge in [-0.15, -0.1) is 0 Å². The maximum atomic E-state index is 10.7. The van der Waals surface area contributed by atoms with Crippen molar-refractivity contribution in [3.8, 4) is 0 Å². The lowest BCUT2D eigenvalue weighted by molar-refractivity contribution is 0.0386. The van der Waals surface area contributed by atoms with Crippen molar-refractivity contribution in [1.82, 2.24) is 0 Å². The number of rotatable bonds is 7. The van der Waals surface area contributed by atoms with E-state index in [-0.39, 0.29) is 12.5 Å². The highest BCUT2D eigenvalue weighted by molar-refractivity contribution is 5.47. The van der Waals surface area contributed by atoms with Crippen LogP contribution in [0.15, 0.2) is 11.1 Å². The van der Waals surface area contributed by atoms with E-state index in [1.54, 1.807) is 0 Å². The fourth-order valence-electron chi connectivity index (χ4n) is 3.60. The average molecular weight is 252 g/mol. The fraction of sp³-hybridized carbons (Fsp3) is 0.875. The molecule has 1 fully saturated rings. The Morgan fingerprint density at radius 2 is 1.83 bits per heavy atom. The minimum absolute atomic E-state index is 0.209. The average Bonchev–Trinajstić information content (AvgIpc) is 3.10. The number of aliphatic hydroxyl groups excluding tert-OH is 1. The first kappa shape index (κ1) is 14.1. The highest BCUT2D eigenvalue weighted by Crippen LogP contribution is 2.52. The molecule has 104 valence electrons. The molecule has 0 spiro atoms. The largest absolute Gasteiger partial charge is 0.395 e. The van der Waals surface area contributed by atoms with Gasteiger partial charge in [-0.25, -0.2) is 0 Å². The molecule has 2 aliphatic rings. The van der Waals surface area contributed by atoms with Crippen LogP contribution in [0.5, 0.6) is 0 Å². The van der Waals surface area contributed by atoms with E-state index in [1.165, 1.54) is 43.3 Å². The van der Waals surface area contributed by atoms with E-state index < -0.39 is 5.60 Å². The molecule has 2 rings (SSSR count). The van der Waals surface area contributed by atoms with E-state index in [0.717, 1.165) is 32.1 Å². The smallest absolute Gasteiger partial charge is 0.0866 e. The minimum Gasteiger partial charge on any atom is -0.395 e. The Hall–Kier alpha value is -0.340. The topological polar surface area (TPSA) is 40.5 Å². The summed E-state index contributed by atoms with van der Waals surface area (Å²) >= 11 is 0. The van der Waals surface area contributed by atoms with Crippen LogP contribution in [0.4, 0.5) is 0 Å². The molecule has 2 nitrogen and oxygen atoms in total. The molecule has 0 radical (unpaired) electrons. The molecule has 1 saturated carbocycles. The summed E-state index contributed by atoms with van der Waals surface area (Å²) in [6.45, 7) is 2.43. The second-order valence-corrected chi connectivity index (χ2v) is 6.08. The first-order chi connectivity index (χ1) is 8.73. The van der Waals surface area contributed by atoms with Gasteiger partial charge in [-0.05, 0) is 31.3 Å². The third kappa shape index (κ3) is 2.97. The van der Waals surface area contributed by atoms with Crippen molar-refractivity contribution in [3.63, 3.8) is 0 Å². The molecule has 0 amide bonds. The maximum absolute atomic E-state index is 10.7. The highest BCUT2D eigenvalue weighted by atomic mass is 16.3. The number of hydrogen-bond acceptors (Lipinski definition) is 2. The van der Waals surface area contributed by atoms with Crippen LogP contribution in [0, 0.1) is 5.92 Å². The van der Waals surface area contributed by atoms with Crippen LogP contribution < -0.4 is 0 Å². The Kier molecular flexibility index (Phi) is 4.85. The summed E-state index contributed by atoms with van der Waals surface area (Å²) < 4.78 is 0. The summed E-state index contributed by atoms with van der Waals surface area (Å²) in [6, 6.07) is 0. The number of hydrogen-bond donors (Lipinski definition) is 2. The van der Waals surface area contributed by atoms with Gasteiger partial charge in [0.15, 0.2) is 0 Å². The summed E-state index contributed by atoms with van der Waals surface area (Å²) in [5, 5.41) is 20.2. The standard InChI is InChI=1S/C16H28O2/c1-2-3-4-6-9-13-14(12-17)15(13)16(18)10-7-5-8-11-16/h14,17-18H,2-12H2,1H3. The van der Waals surface area contributed by atoms with Crippen molar-refractivity contribution in [2.24, 2.45) is 5.92 Å². The second-order valence-electron chi connectivity index (χ2n) is 6.08. The van der Waals surface area contributed by atoms with E-state index in [2.05, 4.69) is 6.92 Å². The van der Waals surface area contributed by atoms with Gasteiger partial charge in [-0.1, -0.05) is 51.0 Å². The Morgan fingerprint density at radius 1 is 1.11 bits per heavy atom. The van der Waals surface area contributed by atoms with Crippen molar-refractivity contribution in [3.05, 3.63) is 11.1 Å². The van der Waals surface area contributed by atoms with Crippen molar-refractivity contribution < 1.29 is 10.2 Å². The van der Waals surface area contributed by atoms with Crippen LogP contribution in [-0.4, -0.2) is 22.4 Å². The summed E-state index contributed by atoms with van der Waals surface area (Å²) in [5.74, 6) is 0.231. The Bertz CT molecular complexity index is 300. The molecule has 0 saturated heterocycles. The molecule has 0 aromatic carbocycles. The lowest BCUT2D eigenvalue weighted by Gasteiger charge is -2.31. The van der Waals surface area contributed by atoms with E-state index in [1.807, 2.05) is 0 Å². The predicted octanol–water partition coefficient (Wildman–Crippen LogP) is 3.57. The van der Waals surface area contributed by atoms with Crippen molar-refractivity contribution in [2.45, 2.75) is 76.7 Å². The zero-order chi connectivity index (χ0) is 13.0. The molecule has 0 bridgehead atoms. The number of aliphatic hydroxyl groups is 2. The fourth-order valence-corrected chi connectivity index (χ4v) is 3.60. The van der Waals surface area contributed by atoms with Crippen LogP contribution in [0.25, 0.3) is 0 Å². The molecule has 1 unspecified atom stereocenters. The molecule has 0 aliphatic heterocycles. The van der Waals surface area contributed by atoms with E-state index >= 15 is 0 Å². The van der Waals surface area contributed by atoms with Gasteiger partial charge >= 0.3 is 0 Å². The van der Waals surface area contributed by atoms with Crippen LogP contribution in [-0.2, 0) is 0 Å². The van der Waals surface area contributed by atoms with Gasteiger partial charge in [0, 0.05) is 5.92 Å². The first-order valence-corrected chi connectivity index (χ1v) is 7.79. The molecule has 2 N–H and O–H groups in total. The molecule has 2 aliphatic carbocycles. The van der Waals surface area contributed by atoms with Gasteiger partial charge in [0.05, 0.1) is 12.2 Å². The first-order valence-electron chi connectivity index (χ1n) is 7.79. The number of unbranched alkanes of at least 4 members (excludes halogenated alkanes) is 3. The molecular formula is C16H28O2. The maximum Gasteiger partial charge on any atom is 0.0866 e. The summed E-state index contributed by atoms with van der Waals surface area (Å²) in [6.07, 6.45) is 11.5. The summed E-state index contributed by atoms with van der Waals surface area (Å²) in [5.41, 5.74) is 2.06. The van der Waals surface area contributed by atoms with Crippen LogP contribution in [0.3, 0.4) is 0 Å². The van der Waals surface area contributed by atoms with Gasteiger partial charge in [-0.2, -0.15) is 0 Å². The Morgan fingerprint density at radius 3 is 2.44 bits per heavy atom. The van der Waals surface area contributed by atoms with E-state index in [4.69, 9.17) is 0 Å². The zero-order valence-corrected chi connectivity index (χ0v) is 11.7. The lowest BCUT2D eigenvalue weighted by atomic mass is 9.82. The van der Waals surface area contributed by atoms with Gasteiger partial charge in [0.1, 0.15) is 0 Å². The van der Waals surface area contributed by atoms with Crippen LogP contribution >= 0.6 is 0 Å². The third-order valence-electron chi connectivity index (χ3n) is 4.70. The van der Waals surface area contributed by atoms with Crippen LogP contribution in [0.1, 0.15) is 71.1 Å². The Labute approximate surface area is 111 Å². The molecule has 0 heterocycles. The molecule has 0 aromatic heterocycles. The quantitative estimate of drug-likeness (QED) is 0.537. The molecule has 18 heavy (non-hydrogen) atoms. The zero-order valence-electron chi connectivity index (χ0n) is 11.7. The predicted molar refractivity (Wildman–Crippen MR) is 74.4 cm³/mol. The third-order valence-corrected chi connectivity index (χ3v) is 4.70. The van der Waals surface area contributed by atoms with Crippen molar-refractivity contribution in [2.75, 3.05) is 6.61 Å². The molecule has 2 heteroatoms. The van der Waals surface area contributed by atoms with E-state index in [9.17, 15) is 10.2 Å². The Balaban J connectivity index is 1.90. The van der Waals surface area contributed by atoms with Crippen molar-refractivity contribution in [1.29, 1.82) is 0 Å². The normalized spacial score (nSPS) is 26.5. The monoisotopic (exact) mass is 252 g/mol. The minimum atomic E-state index is -0.550. The summed E-state index contributed by atoms with van der Waals surface area (Å²) in [7, 11) is 0. The molecule has 1 atom stereocenters. The lowest BCUT2D eigenvalue weighted by Crippen LogP contribution is -2.31. The van der Waals surface area contributed by atoms with Crippen molar-refractivity contribution >= 4 is 0 Å². The highest BCUT2D eigenvalue weighted by Gasteiger charge is 2.48. The van der Waals surface area contributed by atoms with Crippen LogP contribution in [0.2, 0.25) is 0 Å². The summed E-state index contributed by atoms with van der Waals surface area (Å²) in [4.78, 5) is 0. The molecule has 0 aromatic rings. The second kappa shape index (κ2) is 6.21. The van der Waals surface area contributed by atoms with Gasteiger partial charge in [-0.3, -0.25) is 0 Å². The molecular weight excluding hydrogens is 224 g/mol.